The molecule has 23 heavy (non-hydrogen) atoms. The van der Waals surface area contributed by atoms with E-state index in [1.54, 1.807) is 11.3 Å². The fourth-order valence-electron chi connectivity index (χ4n) is 5.22. The van der Waals surface area contributed by atoms with Crippen molar-refractivity contribution in [2.75, 3.05) is 6.61 Å². The van der Waals surface area contributed by atoms with Crippen LogP contribution in [0.1, 0.15) is 44.1 Å². The van der Waals surface area contributed by atoms with Gasteiger partial charge in [0.1, 0.15) is 0 Å². The van der Waals surface area contributed by atoms with Gasteiger partial charge >= 0.3 is 0 Å². The molecular weight excluding hydrogens is 310 g/mol. The van der Waals surface area contributed by atoms with Crippen molar-refractivity contribution in [3.8, 4) is 0 Å². The van der Waals surface area contributed by atoms with Crippen molar-refractivity contribution < 1.29 is 9.63 Å². The number of carbonyl (C=O) groups excluding carboxylic acids is 1. The SMILES string of the molecule is NC(=NOCC(=O)NC12CC3CC(CC(C3)C1)C2)c1ccsc1. The van der Waals surface area contributed by atoms with Crippen molar-refractivity contribution in [3.63, 3.8) is 0 Å². The van der Waals surface area contributed by atoms with Crippen LogP contribution in [0.2, 0.25) is 0 Å². The fraction of sp³-hybridized carbons (Fsp3) is 0.647. The van der Waals surface area contributed by atoms with Crippen LogP contribution in [0, 0.1) is 17.8 Å². The predicted molar refractivity (Wildman–Crippen MR) is 90.0 cm³/mol. The minimum absolute atomic E-state index is 0.0256. The van der Waals surface area contributed by atoms with Crippen LogP contribution < -0.4 is 11.1 Å². The molecule has 0 saturated heterocycles. The molecule has 0 aromatic carbocycles. The monoisotopic (exact) mass is 333 g/mol. The zero-order valence-corrected chi connectivity index (χ0v) is 14.0. The number of nitrogens with two attached hydrogens (primary N) is 1. The van der Waals surface area contributed by atoms with Crippen LogP contribution in [0.5, 0.6) is 0 Å². The van der Waals surface area contributed by atoms with Gasteiger partial charge < -0.3 is 15.9 Å². The van der Waals surface area contributed by atoms with Crippen LogP contribution in [0.15, 0.2) is 22.0 Å². The highest BCUT2D eigenvalue weighted by molar-refractivity contribution is 7.08. The lowest BCUT2D eigenvalue weighted by Gasteiger charge is -2.56. The van der Waals surface area contributed by atoms with E-state index < -0.39 is 0 Å². The molecule has 1 amide bonds. The van der Waals surface area contributed by atoms with Gasteiger partial charge in [0.15, 0.2) is 12.4 Å². The van der Waals surface area contributed by atoms with E-state index in [1.807, 2.05) is 16.8 Å². The van der Waals surface area contributed by atoms with Crippen LogP contribution in [-0.2, 0) is 9.63 Å². The molecule has 6 heteroatoms. The molecular formula is C17H23N3O2S. The number of carbonyl (C=O) groups is 1. The minimum atomic E-state index is -0.0752. The average Bonchev–Trinajstić information content (AvgIpc) is 2.99. The maximum Gasteiger partial charge on any atom is 0.261 e. The van der Waals surface area contributed by atoms with Gasteiger partial charge in [-0.2, -0.15) is 11.3 Å². The summed E-state index contributed by atoms with van der Waals surface area (Å²) in [5, 5.41) is 10.9. The number of nitrogens with one attached hydrogen (secondary N) is 1. The predicted octanol–water partition coefficient (Wildman–Crippen LogP) is 2.47. The summed E-state index contributed by atoms with van der Waals surface area (Å²) in [7, 11) is 0. The van der Waals surface area contributed by atoms with Crippen LogP contribution in [0.4, 0.5) is 0 Å². The third-order valence-corrected chi connectivity index (χ3v) is 6.30. The number of hydrogen-bond donors (Lipinski definition) is 2. The number of rotatable bonds is 5. The molecule has 4 fully saturated rings. The first kappa shape index (κ1) is 15.0. The molecule has 0 radical (unpaired) electrons. The van der Waals surface area contributed by atoms with Crippen LogP contribution >= 0.6 is 11.3 Å². The standard InChI is InChI=1S/C17H23N3O2S/c18-16(14-1-2-23-10-14)20-22-9-15(21)19-17-6-11-3-12(7-17)5-13(4-11)8-17/h1-2,10-13H,3-9H2,(H2,18,20)(H,19,21). The first-order valence-electron chi connectivity index (χ1n) is 8.41. The van der Waals surface area contributed by atoms with Gasteiger partial charge in [-0.25, -0.2) is 0 Å². The van der Waals surface area contributed by atoms with Crippen molar-refractivity contribution in [1.29, 1.82) is 0 Å². The molecule has 0 aliphatic heterocycles. The van der Waals surface area contributed by atoms with Crippen molar-refractivity contribution >= 4 is 23.1 Å². The van der Waals surface area contributed by atoms with Gasteiger partial charge in [0, 0.05) is 16.5 Å². The maximum absolute atomic E-state index is 12.3. The Kier molecular flexibility index (Phi) is 3.79. The van der Waals surface area contributed by atoms with Crippen LogP contribution in [-0.4, -0.2) is 23.9 Å². The summed E-state index contributed by atoms with van der Waals surface area (Å²) in [4.78, 5) is 17.4. The lowest BCUT2D eigenvalue weighted by Crippen LogP contribution is -2.60. The molecule has 5 rings (SSSR count). The molecule has 5 nitrogen and oxygen atoms in total. The van der Waals surface area contributed by atoms with Crippen molar-refractivity contribution in [2.45, 2.75) is 44.1 Å². The Labute approximate surface area is 140 Å². The van der Waals surface area contributed by atoms with E-state index in [0.29, 0.717) is 5.84 Å². The Morgan fingerprint density at radius 1 is 1.30 bits per heavy atom. The maximum atomic E-state index is 12.3. The van der Waals surface area contributed by atoms with Crippen molar-refractivity contribution in [3.05, 3.63) is 22.4 Å². The van der Waals surface area contributed by atoms with E-state index in [4.69, 9.17) is 10.6 Å². The van der Waals surface area contributed by atoms with Gasteiger partial charge in [0.2, 0.25) is 0 Å². The summed E-state index contributed by atoms with van der Waals surface area (Å²) < 4.78 is 0. The molecule has 0 unspecified atom stereocenters. The second-order valence-electron chi connectivity index (χ2n) is 7.51. The van der Waals surface area contributed by atoms with Gasteiger partial charge in [-0.3, -0.25) is 4.79 Å². The van der Waals surface area contributed by atoms with Crippen molar-refractivity contribution in [2.24, 2.45) is 28.6 Å². The highest BCUT2D eigenvalue weighted by Crippen LogP contribution is 2.55. The number of hydrogen-bond acceptors (Lipinski definition) is 4. The minimum Gasteiger partial charge on any atom is -0.384 e. The largest absolute Gasteiger partial charge is 0.384 e. The summed E-state index contributed by atoms with van der Waals surface area (Å²) in [6.45, 7) is -0.0629. The number of oxime groups is 1. The molecule has 4 bridgehead atoms. The Morgan fingerprint density at radius 3 is 2.52 bits per heavy atom. The molecule has 4 saturated carbocycles. The number of amides is 1. The summed E-state index contributed by atoms with van der Waals surface area (Å²) in [6, 6.07) is 1.88. The van der Waals surface area contributed by atoms with E-state index in [9.17, 15) is 4.79 Å². The molecule has 3 N–H and O–H groups in total. The first-order chi connectivity index (χ1) is 11.1. The second-order valence-corrected chi connectivity index (χ2v) is 8.29. The van der Waals surface area contributed by atoms with Gasteiger partial charge in [0.25, 0.3) is 5.91 Å². The van der Waals surface area contributed by atoms with Gasteiger partial charge in [-0.05, 0) is 67.7 Å². The van der Waals surface area contributed by atoms with E-state index in [0.717, 1.165) is 42.6 Å². The lowest BCUT2D eigenvalue weighted by atomic mass is 9.53. The number of thiophene rings is 1. The van der Waals surface area contributed by atoms with Gasteiger partial charge in [-0.15, -0.1) is 0 Å². The summed E-state index contributed by atoms with van der Waals surface area (Å²) in [6.07, 6.45) is 7.54. The highest BCUT2D eigenvalue weighted by Gasteiger charge is 2.51. The molecule has 0 atom stereocenters. The first-order valence-corrected chi connectivity index (χ1v) is 9.35. The lowest BCUT2D eigenvalue weighted by molar-refractivity contribution is -0.131. The molecule has 1 aromatic rings. The number of nitrogens with zero attached hydrogens (tertiary/aromatic N) is 1. The van der Waals surface area contributed by atoms with Gasteiger partial charge in [-0.1, -0.05) is 5.16 Å². The van der Waals surface area contributed by atoms with Crippen molar-refractivity contribution in [1.82, 2.24) is 5.32 Å². The summed E-state index contributed by atoms with van der Waals surface area (Å²) in [5.74, 6) is 2.68. The van der Waals surface area contributed by atoms with E-state index in [2.05, 4.69) is 10.5 Å². The zero-order chi connectivity index (χ0) is 15.9. The third-order valence-electron chi connectivity index (χ3n) is 5.62. The van der Waals surface area contributed by atoms with Gasteiger partial charge in [0.05, 0.1) is 0 Å². The normalized spacial score (nSPS) is 35.3. The topological polar surface area (TPSA) is 76.7 Å². The average molecular weight is 333 g/mol. The quantitative estimate of drug-likeness (QED) is 0.494. The third kappa shape index (κ3) is 3.09. The smallest absolute Gasteiger partial charge is 0.261 e. The molecule has 1 heterocycles. The Bertz CT molecular complexity index is 576. The Hall–Kier alpha value is -1.56. The molecule has 1 aromatic heterocycles. The van der Waals surface area contributed by atoms with Crippen LogP contribution in [0.25, 0.3) is 0 Å². The fourth-order valence-corrected chi connectivity index (χ4v) is 5.87. The second kappa shape index (κ2) is 5.82. The summed E-state index contributed by atoms with van der Waals surface area (Å²) in [5.41, 5.74) is 6.67. The molecule has 0 spiro atoms. The van der Waals surface area contributed by atoms with E-state index in [1.165, 1.54) is 19.3 Å². The number of amidine groups is 1. The molecule has 4 aliphatic carbocycles. The zero-order valence-electron chi connectivity index (χ0n) is 13.2. The van der Waals surface area contributed by atoms with E-state index in [-0.39, 0.29) is 18.1 Å². The molecule has 124 valence electrons. The van der Waals surface area contributed by atoms with Crippen LogP contribution in [0.3, 0.4) is 0 Å². The molecule has 4 aliphatic rings. The van der Waals surface area contributed by atoms with E-state index >= 15 is 0 Å². The Morgan fingerprint density at radius 2 is 1.96 bits per heavy atom. The highest BCUT2D eigenvalue weighted by atomic mass is 32.1. The Balaban J connectivity index is 1.31. The summed E-state index contributed by atoms with van der Waals surface area (Å²) >= 11 is 1.55.